The Morgan fingerprint density at radius 3 is 2.94 bits per heavy atom. The Morgan fingerprint density at radius 1 is 1.39 bits per heavy atom. The highest BCUT2D eigenvalue weighted by atomic mass is 16.4. The van der Waals surface area contributed by atoms with Gasteiger partial charge in [-0.25, -0.2) is 0 Å². The molecule has 5 nitrogen and oxygen atoms in total. The van der Waals surface area contributed by atoms with Crippen molar-refractivity contribution in [3.05, 3.63) is 0 Å². The van der Waals surface area contributed by atoms with E-state index in [0.717, 1.165) is 26.2 Å². The molecule has 2 atom stereocenters. The second kappa shape index (κ2) is 6.50. The summed E-state index contributed by atoms with van der Waals surface area (Å²) in [5.41, 5.74) is 0. The van der Waals surface area contributed by atoms with E-state index in [1.807, 2.05) is 0 Å². The third kappa shape index (κ3) is 3.43. The van der Waals surface area contributed by atoms with Crippen molar-refractivity contribution in [1.82, 2.24) is 15.1 Å². The number of carboxylic acids is 1. The number of hydrogen-bond acceptors (Lipinski definition) is 4. The van der Waals surface area contributed by atoms with Gasteiger partial charge in [0, 0.05) is 32.2 Å². The summed E-state index contributed by atoms with van der Waals surface area (Å²) in [6.45, 7) is 5.51. The van der Waals surface area contributed by atoms with E-state index in [9.17, 15) is 4.79 Å². The number of carbonyl (C=O) groups is 1. The highest BCUT2D eigenvalue weighted by molar-refractivity contribution is 5.73. The maximum absolute atomic E-state index is 10.9. The second-order valence-electron chi connectivity index (χ2n) is 5.45. The molecule has 2 rings (SSSR count). The van der Waals surface area contributed by atoms with Crippen molar-refractivity contribution in [1.29, 1.82) is 0 Å². The Labute approximate surface area is 109 Å². The van der Waals surface area contributed by atoms with Crippen molar-refractivity contribution in [2.45, 2.75) is 37.8 Å². The Kier molecular flexibility index (Phi) is 4.97. The fourth-order valence-electron chi connectivity index (χ4n) is 3.13. The van der Waals surface area contributed by atoms with Crippen LogP contribution in [0.5, 0.6) is 0 Å². The summed E-state index contributed by atoms with van der Waals surface area (Å²) in [6, 6.07) is 0.305. The molecule has 2 aliphatic heterocycles. The Bertz CT molecular complexity index is 285. The molecular formula is C13H25N3O2. The number of carboxylic acid groups (broad SMARTS) is 1. The van der Waals surface area contributed by atoms with E-state index in [1.54, 1.807) is 7.05 Å². The van der Waals surface area contributed by atoms with Crippen LogP contribution in [0.25, 0.3) is 0 Å². The number of nitrogens with zero attached hydrogens (tertiary/aromatic N) is 2. The number of fused-ring (bicyclic) bond motifs is 1. The smallest absolute Gasteiger partial charge is 0.320 e. The molecule has 5 heteroatoms. The molecule has 2 unspecified atom stereocenters. The molecular weight excluding hydrogens is 230 g/mol. The van der Waals surface area contributed by atoms with E-state index in [1.165, 1.54) is 25.8 Å². The van der Waals surface area contributed by atoms with Crippen molar-refractivity contribution < 1.29 is 9.90 Å². The van der Waals surface area contributed by atoms with Gasteiger partial charge in [-0.15, -0.1) is 0 Å². The fraction of sp³-hybridized carbons (Fsp3) is 0.923. The fourth-order valence-corrected chi connectivity index (χ4v) is 3.13. The number of nitrogens with one attached hydrogen (secondary N) is 1. The topological polar surface area (TPSA) is 55.8 Å². The van der Waals surface area contributed by atoms with Crippen molar-refractivity contribution >= 4 is 5.97 Å². The highest BCUT2D eigenvalue weighted by Gasteiger charge is 2.29. The number of hydrogen-bond donors (Lipinski definition) is 2. The average Bonchev–Trinajstić information content (AvgIpc) is 2.39. The molecule has 0 saturated carbocycles. The van der Waals surface area contributed by atoms with Gasteiger partial charge in [-0.1, -0.05) is 6.42 Å². The zero-order chi connectivity index (χ0) is 13.0. The van der Waals surface area contributed by atoms with Crippen molar-refractivity contribution in [2.24, 2.45) is 0 Å². The van der Waals surface area contributed by atoms with Gasteiger partial charge < -0.3 is 15.3 Å². The number of likely N-dealkylation sites (N-methyl/N-ethyl adjacent to an activating group) is 1. The summed E-state index contributed by atoms with van der Waals surface area (Å²) in [6.07, 6.45) is 4.70. The Balaban J connectivity index is 1.75. The molecule has 0 radical (unpaired) electrons. The van der Waals surface area contributed by atoms with E-state index < -0.39 is 12.0 Å². The third-order valence-electron chi connectivity index (χ3n) is 4.30. The minimum Gasteiger partial charge on any atom is -0.480 e. The molecule has 2 aliphatic rings. The normalized spacial score (nSPS) is 27.7. The number of rotatable bonds is 5. The third-order valence-corrected chi connectivity index (χ3v) is 4.30. The summed E-state index contributed by atoms with van der Waals surface area (Å²) >= 11 is 0. The van der Waals surface area contributed by atoms with Crippen LogP contribution in [-0.4, -0.2) is 72.7 Å². The lowest BCUT2D eigenvalue weighted by molar-refractivity contribution is -0.139. The highest BCUT2D eigenvalue weighted by Crippen LogP contribution is 2.21. The largest absolute Gasteiger partial charge is 0.480 e. The molecule has 0 aliphatic carbocycles. The summed E-state index contributed by atoms with van der Waals surface area (Å²) in [4.78, 5) is 16.0. The van der Waals surface area contributed by atoms with Crippen LogP contribution in [0.4, 0.5) is 0 Å². The van der Waals surface area contributed by atoms with Gasteiger partial charge in [0.15, 0.2) is 0 Å². The summed E-state index contributed by atoms with van der Waals surface area (Å²) in [5.74, 6) is -0.742. The van der Waals surface area contributed by atoms with Crippen LogP contribution < -0.4 is 5.32 Å². The first-order chi connectivity index (χ1) is 8.70. The minimum atomic E-state index is -0.742. The molecule has 2 fully saturated rings. The molecule has 2 saturated heterocycles. The molecule has 0 bridgehead atoms. The van der Waals surface area contributed by atoms with Gasteiger partial charge >= 0.3 is 5.97 Å². The van der Waals surface area contributed by atoms with Crippen LogP contribution in [-0.2, 0) is 4.79 Å². The lowest BCUT2D eigenvalue weighted by Crippen LogP contribution is -2.55. The molecule has 2 N–H and O–H groups in total. The standard InChI is InChI=1S/C13H25N3O2/c1-14-12(13(17)18)5-7-15-8-9-16-6-3-2-4-11(16)10-15/h11-12,14H,2-10H2,1H3,(H,17,18). The lowest BCUT2D eigenvalue weighted by atomic mass is 9.99. The van der Waals surface area contributed by atoms with Gasteiger partial charge in [0.2, 0.25) is 0 Å². The quantitative estimate of drug-likeness (QED) is 0.736. The monoisotopic (exact) mass is 255 g/mol. The lowest BCUT2D eigenvalue weighted by Gasteiger charge is -2.44. The van der Waals surface area contributed by atoms with Crippen LogP contribution in [0.15, 0.2) is 0 Å². The van der Waals surface area contributed by atoms with E-state index in [4.69, 9.17) is 5.11 Å². The maximum atomic E-state index is 10.9. The van der Waals surface area contributed by atoms with E-state index >= 15 is 0 Å². The van der Waals surface area contributed by atoms with Crippen molar-refractivity contribution in [3.63, 3.8) is 0 Å². The molecule has 0 spiro atoms. The second-order valence-corrected chi connectivity index (χ2v) is 5.45. The van der Waals surface area contributed by atoms with Crippen LogP contribution in [0.3, 0.4) is 0 Å². The first kappa shape index (κ1) is 13.8. The van der Waals surface area contributed by atoms with Gasteiger partial charge in [-0.3, -0.25) is 9.69 Å². The molecule has 104 valence electrons. The van der Waals surface area contributed by atoms with E-state index in [0.29, 0.717) is 12.5 Å². The molecule has 0 amide bonds. The first-order valence-corrected chi connectivity index (χ1v) is 7.07. The molecule has 18 heavy (non-hydrogen) atoms. The van der Waals surface area contributed by atoms with Gasteiger partial charge in [0.25, 0.3) is 0 Å². The van der Waals surface area contributed by atoms with Gasteiger partial charge in [0.05, 0.1) is 0 Å². The maximum Gasteiger partial charge on any atom is 0.320 e. The summed E-state index contributed by atoms with van der Waals surface area (Å²) < 4.78 is 0. The van der Waals surface area contributed by atoms with Crippen LogP contribution in [0, 0.1) is 0 Å². The van der Waals surface area contributed by atoms with Crippen LogP contribution in [0.2, 0.25) is 0 Å². The molecule has 2 heterocycles. The SMILES string of the molecule is CNC(CCN1CCN2CCCCC2C1)C(=O)O. The Morgan fingerprint density at radius 2 is 2.22 bits per heavy atom. The first-order valence-electron chi connectivity index (χ1n) is 7.07. The van der Waals surface area contributed by atoms with E-state index in [-0.39, 0.29) is 0 Å². The molecule has 0 aromatic carbocycles. The number of piperidine rings is 1. The van der Waals surface area contributed by atoms with Crippen LogP contribution in [0.1, 0.15) is 25.7 Å². The van der Waals surface area contributed by atoms with Gasteiger partial charge in [-0.05, 0) is 32.9 Å². The number of aliphatic carboxylic acids is 1. The molecule has 0 aromatic heterocycles. The van der Waals surface area contributed by atoms with Gasteiger partial charge in [-0.2, -0.15) is 0 Å². The average molecular weight is 255 g/mol. The van der Waals surface area contributed by atoms with E-state index in [2.05, 4.69) is 15.1 Å². The van der Waals surface area contributed by atoms with Crippen molar-refractivity contribution in [3.8, 4) is 0 Å². The zero-order valence-corrected chi connectivity index (χ0v) is 11.3. The number of piperazine rings is 1. The summed E-state index contributed by atoms with van der Waals surface area (Å²) in [7, 11) is 1.72. The summed E-state index contributed by atoms with van der Waals surface area (Å²) in [5, 5.41) is 11.9. The van der Waals surface area contributed by atoms with Crippen LogP contribution >= 0.6 is 0 Å². The Hall–Kier alpha value is -0.650. The minimum absolute atomic E-state index is 0.408. The van der Waals surface area contributed by atoms with Crippen molar-refractivity contribution in [2.75, 3.05) is 39.8 Å². The molecule has 0 aromatic rings. The zero-order valence-electron chi connectivity index (χ0n) is 11.3. The predicted octanol–water partition coefficient (Wildman–Crippen LogP) is 0.219. The van der Waals surface area contributed by atoms with Gasteiger partial charge in [0.1, 0.15) is 6.04 Å². The predicted molar refractivity (Wildman–Crippen MR) is 70.8 cm³/mol.